The number of hydrogen-bond donors (Lipinski definition) is 0. The highest BCUT2D eigenvalue weighted by molar-refractivity contribution is 5.71. The zero-order chi connectivity index (χ0) is 35.0. The summed E-state index contributed by atoms with van der Waals surface area (Å²) in [6.45, 7) is 18.9. The van der Waals surface area contributed by atoms with Crippen molar-refractivity contribution in [3.63, 3.8) is 0 Å². The lowest BCUT2D eigenvalue weighted by atomic mass is 10.1. The number of ether oxygens (including phenoxy) is 10. The first-order valence-electron chi connectivity index (χ1n) is 15.9. The molecule has 46 heavy (non-hydrogen) atoms. The van der Waals surface area contributed by atoms with Gasteiger partial charge in [0.2, 0.25) is 0 Å². The molecule has 272 valence electrons. The Hall–Kier alpha value is -2.36. The molecule has 0 fully saturated rings. The fraction of sp³-hybridized carbons (Fsp3) is 0.875. The van der Waals surface area contributed by atoms with Gasteiger partial charge in [0.25, 0.3) is 0 Å². The summed E-state index contributed by atoms with van der Waals surface area (Å²) < 4.78 is 50.6. The van der Waals surface area contributed by atoms with Crippen molar-refractivity contribution >= 4 is 23.9 Å². The predicted octanol–water partition coefficient (Wildman–Crippen LogP) is 3.56. The van der Waals surface area contributed by atoms with Crippen LogP contribution < -0.4 is 0 Å². The Balaban J connectivity index is 0. The van der Waals surface area contributed by atoms with Crippen molar-refractivity contribution < 1.29 is 66.5 Å². The van der Waals surface area contributed by atoms with Gasteiger partial charge in [-0.1, -0.05) is 55.4 Å². The molecule has 0 aliphatic heterocycles. The van der Waals surface area contributed by atoms with Crippen LogP contribution in [0.15, 0.2) is 0 Å². The van der Waals surface area contributed by atoms with Crippen molar-refractivity contribution in [3.8, 4) is 0 Å². The van der Waals surface area contributed by atoms with E-state index in [4.69, 9.17) is 47.4 Å². The van der Waals surface area contributed by atoms with Crippen molar-refractivity contribution in [2.75, 3.05) is 92.9 Å². The first-order chi connectivity index (χ1) is 21.8. The van der Waals surface area contributed by atoms with Crippen molar-refractivity contribution in [1.29, 1.82) is 0 Å². The number of carbonyl (C=O) groups excluding carboxylic acids is 4. The highest BCUT2D eigenvalue weighted by atomic mass is 16.7. The van der Waals surface area contributed by atoms with Crippen LogP contribution in [0.25, 0.3) is 0 Å². The minimum atomic E-state index is -0.373. The molecule has 0 atom stereocenters. The standard InChI is InChI=1S/2C16H30O7/c1-13(2)9-22-15(17)11-20-7-5-19-6-8-21-12-16(18)23-10-14(3)4;1-13(2)9-15(17)22-11-20-7-5-19-6-8-21-12-23-16(18)10-14(3)4/h2*13-14H,5-12H2,1-4H3. The average Bonchev–Trinajstić information content (AvgIpc) is 2.96. The molecule has 0 aromatic carbocycles. The van der Waals surface area contributed by atoms with E-state index in [0.717, 1.165) is 0 Å². The predicted molar refractivity (Wildman–Crippen MR) is 168 cm³/mol. The Morgan fingerprint density at radius 2 is 0.674 bits per heavy atom. The molecule has 14 heteroatoms. The highest BCUT2D eigenvalue weighted by Gasteiger charge is 2.07. The summed E-state index contributed by atoms with van der Waals surface area (Å²) >= 11 is 0. The lowest BCUT2D eigenvalue weighted by Crippen LogP contribution is -2.19. The van der Waals surface area contributed by atoms with Crippen LogP contribution in [0.1, 0.15) is 68.2 Å². The second-order valence-corrected chi connectivity index (χ2v) is 11.8. The maximum atomic E-state index is 11.2. The van der Waals surface area contributed by atoms with Gasteiger partial charge in [-0.3, -0.25) is 9.59 Å². The van der Waals surface area contributed by atoms with E-state index in [9.17, 15) is 19.2 Å². The van der Waals surface area contributed by atoms with Crippen molar-refractivity contribution in [1.82, 2.24) is 0 Å². The number of esters is 4. The molecule has 0 aromatic heterocycles. The monoisotopic (exact) mass is 668 g/mol. The third kappa shape index (κ3) is 39.7. The molecular weight excluding hydrogens is 608 g/mol. The Morgan fingerprint density at radius 3 is 0.978 bits per heavy atom. The molecule has 0 amide bonds. The van der Waals surface area contributed by atoms with Gasteiger partial charge in [-0.25, -0.2) is 9.59 Å². The average molecular weight is 669 g/mol. The number of rotatable bonds is 28. The normalized spacial score (nSPS) is 11.0. The Labute approximate surface area is 275 Å². The lowest BCUT2D eigenvalue weighted by molar-refractivity contribution is -0.159. The van der Waals surface area contributed by atoms with Gasteiger partial charge in [0.1, 0.15) is 13.2 Å². The van der Waals surface area contributed by atoms with E-state index in [1.54, 1.807) is 0 Å². The van der Waals surface area contributed by atoms with E-state index in [2.05, 4.69) is 0 Å². The van der Waals surface area contributed by atoms with Gasteiger partial charge in [0.15, 0.2) is 13.6 Å². The molecule has 0 unspecified atom stereocenters. The van der Waals surface area contributed by atoms with Crippen LogP contribution >= 0.6 is 0 Å². The summed E-state index contributed by atoms with van der Waals surface area (Å²) in [6.07, 6.45) is 0.776. The zero-order valence-corrected chi connectivity index (χ0v) is 29.3. The van der Waals surface area contributed by atoms with Gasteiger partial charge in [0.05, 0.1) is 66.1 Å². The SMILES string of the molecule is CC(C)CC(=O)OCOCCOCCOCOC(=O)CC(C)C.CC(C)COC(=O)COCCOCCOCC(=O)OCC(C)C. The Kier molecular flexibility index (Phi) is 32.4. The van der Waals surface area contributed by atoms with Crippen LogP contribution in [0.3, 0.4) is 0 Å². The van der Waals surface area contributed by atoms with E-state index in [1.165, 1.54) is 0 Å². The summed E-state index contributed by atoms with van der Waals surface area (Å²) in [5.41, 5.74) is 0. The van der Waals surface area contributed by atoms with Crippen LogP contribution in [0.5, 0.6) is 0 Å². The summed E-state index contributed by atoms with van der Waals surface area (Å²) in [5, 5.41) is 0. The quantitative estimate of drug-likeness (QED) is 0.0515. The molecule has 0 N–H and O–H groups in total. The molecule has 14 nitrogen and oxygen atoms in total. The minimum Gasteiger partial charge on any atom is -0.464 e. The smallest absolute Gasteiger partial charge is 0.332 e. The maximum absolute atomic E-state index is 11.2. The van der Waals surface area contributed by atoms with Crippen LogP contribution in [-0.2, 0) is 66.5 Å². The summed E-state index contributed by atoms with van der Waals surface area (Å²) in [5.74, 6) is -0.104. The van der Waals surface area contributed by atoms with Crippen molar-refractivity contribution in [2.24, 2.45) is 23.7 Å². The first kappa shape index (κ1) is 45.8. The van der Waals surface area contributed by atoms with E-state index in [0.29, 0.717) is 90.7 Å². The fourth-order valence-corrected chi connectivity index (χ4v) is 2.71. The van der Waals surface area contributed by atoms with E-state index in [-0.39, 0.29) is 62.5 Å². The summed E-state index contributed by atoms with van der Waals surface area (Å²) in [4.78, 5) is 44.9. The maximum Gasteiger partial charge on any atom is 0.332 e. The van der Waals surface area contributed by atoms with Crippen LogP contribution in [-0.4, -0.2) is 117 Å². The third-order valence-corrected chi connectivity index (χ3v) is 4.84. The van der Waals surface area contributed by atoms with Crippen molar-refractivity contribution in [2.45, 2.75) is 68.2 Å². The van der Waals surface area contributed by atoms with Crippen LogP contribution in [0.4, 0.5) is 0 Å². The third-order valence-electron chi connectivity index (χ3n) is 4.84. The topological polar surface area (TPSA) is 161 Å². The summed E-state index contributed by atoms with van der Waals surface area (Å²) in [6, 6.07) is 0. The molecule has 0 rings (SSSR count). The lowest BCUT2D eigenvalue weighted by Gasteiger charge is -2.09. The zero-order valence-electron chi connectivity index (χ0n) is 29.3. The van der Waals surface area contributed by atoms with Gasteiger partial charge < -0.3 is 47.4 Å². The minimum absolute atomic E-state index is 0.0583. The summed E-state index contributed by atoms with van der Waals surface area (Å²) in [7, 11) is 0. The van der Waals surface area contributed by atoms with E-state index >= 15 is 0 Å². The molecule has 0 spiro atoms. The highest BCUT2D eigenvalue weighted by Crippen LogP contribution is 2.02. The second kappa shape index (κ2) is 32.6. The molecule has 0 aliphatic rings. The number of carbonyl (C=O) groups is 4. The van der Waals surface area contributed by atoms with Crippen molar-refractivity contribution in [3.05, 3.63) is 0 Å². The van der Waals surface area contributed by atoms with Gasteiger partial charge in [-0.05, 0) is 23.7 Å². The molecule has 0 saturated heterocycles. The van der Waals surface area contributed by atoms with Gasteiger partial charge >= 0.3 is 23.9 Å². The molecule has 0 bridgehead atoms. The largest absolute Gasteiger partial charge is 0.464 e. The van der Waals surface area contributed by atoms with Crippen LogP contribution in [0.2, 0.25) is 0 Å². The number of hydrogen-bond acceptors (Lipinski definition) is 14. The second-order valence-electron chi connectivity index (χ2n) is 11.8. The van der Waals surface area contributed by atoms with Gasteiger partial charge in [0, 0.05) is 12.8 Å². The Morgan fingerprint density at radius 1 is 0.370 bits per heavy atom. The molecule has 0 aromatic rings. The fourth-order valence-electron chi connectivity index (χ4n) is 2.71. The molecule has 0 aliphatic carbocycles. The molecule has 0 saturated carbocycles. The van der Waals surface area contributed by atoms with Gasteiger partial charge in [-0.2, -0.15) is 0 Å². The van der Waals surface area contributed by atoms with Gasteiger partial charge in [-0.15, -0.1) is 0 Å². The molecular formula is C32H60O14. The van der Waals surface area contributed by atoms with E-state index < -0.39 is 0 Å². The first-order valence-corrected chi connectivity index (χ1v) is 15.9. The van der Waals surface area contributed by atoms with E-state index in [1.807, 2.05) is 55.4 Å². The molecule has 0 heterocycles. The Bertz CT molecular complexity index is 695. The van der Waals surface area contributed by atoms with Crippen LogP contribution in [0, 0.1) is 23.7 Å². The molecule has 0 radical (unpaired) electrons.